The number of hydrogen-bond acceptors (Lipinski definition) is 4. The summed E-state index contributed by atoms with van der Waals surface area (Å²) < 4.78 is 17.2. The first-order valence-corrected chi connectivity index (χ1v) is 11.9. The van der Waals surface area contributed by atoms with Crippen molar-refractivity contribution in [1.82, 2.24) is 5.32 Å². The molecule has 5 nitrogen and oxygen atoms in total. The van der Waals surface area contributed by atoms with E-state index in [1.165, 1.54) is 25.7 Å². The van der Waals surface area contributed by atoms with Gasteiger partial charge < -0.3 is 19.2 Å². The molecular formula is C28H33NO4. The average Bonchev–Trinajstić information content (AvgIpc) is 3.06. The number of allylic oxidation sites excluding steroid dienone is 1. The number of benzene rings is 2. The van der Waals surface area contributed by atoms with Crippen LogP contribution in [-0.2, 0) is 4.79 Å². The largest absolute Gasteiger partial charge is 0.497 e. The van der Waals surface area contributed by atoms with Crippen molar-refractivity contribution in [3.63, 3.8) is 0 Å². The SMILES string of the molecule is CCOc1cc2occ(-c3cccc(OC)c3)c2cc1/C(C)=C/C(=O)NC1CCCCCC1. The van der Waals surface area contributed by atoms with Gasteiger partial charge in [-0.25, -0.2) is 0 Å². The summed E-state index contributed by atoms with van der Waals surface area (Å²) in [4.78, 5) is 12.8. The molecular weight excluding hydrogens is 414 g/mol. The molecule has 174 valence electrons. The highest BCUT2D eigenvalue weighted by molar-refractivity contribution is 6.00. The maximum Gasteiger partial charge on any atom is 0.244 e. The van der Waals surface area contributed by atoms with Gasteiger partial charge in [0.25, 0.3) is 0 Å². The van der Waals surface area contributed by atoms with Crippen molar-refractivity contribution in [3.8, 4) is 22.6 Å². The zero-order valence-corrected chi connectivity index (χ0v) is 19.8. The van der Waals surface area contributed by atoms with Crippen LogP contribution in [0, 0.1) is 0 Å². The van der Waals surface area contributed by atoms with E-state index in [-0.39, 0.29) is 11.9 Å². The Balaban J connectivity index is 1.67. The van der Waals surface area contributed by atoms with Crippen LogP contribution in [0.5, 0.6) is 11.5 Å². The monoisotopic (exact) mass is 447 g/mol. The molecule has 3 aromatic rings. The maximum atomic E-state index is 12.8. The number of rotatable bonds is 7. The number of amides is 1. The summed E-state index contributed by atoms with van der Waals surface area (Å²) in [5, 5.41) is 4.18. The Hall–Kier alpha value is -3.21. The Bertz CT molecular complexity index is 1140. The van der Waals surface area contributed by atoms with Crippen molar-refractivity contribution in [3.05, 3.63) is 54.3 Å². The normalized spacial score (nSPS) is 15.3. The summed E-state index contributed by atoms with van der Waals surface area (Å²) in [5.41, 5.74) is 4.49. The minimum absolute atomic E-state index is 0.0397. The molecule has 0 radical (unpaired) electrons. The Morgan fingerprint density at radius 1 is 1.15 bits per heavy atom. The average molecular weight is 448 g/mol. The van der Waals surface area contributed by atoms with Crippen molar-refractivity contribution in [2.45, 2.75) is 58.4 Å². The number of fused-ring (bicyclic) bond motifs is 1. The van der Waals surface area contributed by atoms with E-state index in [9.17, 15) is 4.79 Å². The van der Waals surface area contributed by atoms with E-state index in [0.29, 0.717) is 12.4 Å². The van der Waals surface area contributed by atoms with E-state index in [0.717, 1.165) is 51.8 Å². The Morgan fingerprint density at radius 3 is 2.67 bits per heavy atom. The standard InChI is InChI=1S/C28H33NO4/c1-4-32-26-17-27-24(25(18-33-27)20-10-9-13-22(15-20)31-3)16-23(26)19(2)14-28(30)29-21-11-7-5-6-8-12-21/h9-10,13-18,21H,4-8,11-12H2,1-3H3,(H,29,30)/b19-14+. The van der Waals surface area contributed by atoms with E-state index in [1.54, 1.807) is 19.4 Å². The molecule has 1 aromatic heterocycles. The predicted molar refractivity (Wildman–Crippen MR) is 133 cm³/mol. The fraction of sp³-hybridized carbons (Fsp3) is 0.393. The number of ether oxygens (including phenoxy) is 2. The molecule has 1 aliphatic carbocycles. The van der Waals surface area contributed by atoms with E-state index < -0.39 is 0 Å². The summed E-state index contributed by atoms with van der Waals surface area (Å²) in [6, 6.07) is 12.2. The molecule has 4 rings (SSSR count). The summed E-state index contributed by atoms with van der Waals surface area (Å²) in [6.45, 7) is 4.45. The van der Waals surface area contributed by atoms with Crippen LogP contribution in [0.25, 0.3) is 27.7 Å². The minimum atomic E-state index is -0.0397. The lowest BCUT2D eigenvalue weighted by molar-refractivity contribution is -0.117. The molecule has 1 saturated carbocycles. The van der Waals surface area contributed by atoms with Crippen molar-refractivity contribution in [1.29, 1.82) is 0 Å². The number of furan rings is 1. The highest BCUT2D eigenvalue weighted by Crippen LogP contribution is 2.38. The second kappa shape index (κ2) is 10.6. The molecule has 1 N–H and O–H groups in total. The Labute approximate surface area is 195 Å². The van der Waals surface area contributed by atoms with Crippen LogP contribution < -0.4 is 14.8 Å². The first kappa shape index (κ1) is 23.0. The number of methoxy groups -OCH3 is 1. The summed E-state index contributed by atoms with van der Waals surface area (Å²) in [5.74, 6) is 1.47. The Morgan fingerprint density at radius 2 is 1.94 bits per heavy atom. The van der Waals surface area contributed by atoms with Crippen LogP contribution >= 0.6 is 0 Å². The van der Waals surface area contributed by atoms with Gasteiger partial charge in [-0.15, -0.1) is 0 Å². The van der Waals surface area contributed by atoms with E-state index in [1.807, 2.05) is 44.2 Å². The number of carbonyl (C=O) groups is 1. The lowest BCUT2D eigenvalue weighted by Gasteiger charge is -2.16. The quantitative estimate of drug-likeness (QED) is 0.321. The molecule has 1 aliphatic rings. The highest BCUT2D eigenvalue weighted by Gasteiger charge is 2.17. The third-order valence-electron chi connectivity index (χ3n) is 6.33. The number of hydrogen-bond donors (Lipinski definition) is 1. The minimum Gasteiger partial charge on any atom is -0.497 e. The zero-order valence-electron chi connectivity index (χ0n) is 19.8. The molecule has 0 atom stereocenters. The van der Waals surface area contributed by atoms with Gasteiger partial charge in [0.15, 0.2) is 0 Å². The predicted octanol–water partition coefficient (Wildman–Crippen LogP) is 6.75. The topological polar surface area (TPSA) is 60.7 Å². The third-order valence-corrected chi connectivity index (χ3v) is 6.33. The first-order valence-electron chi connectivity index (χ1n) is 11.9. The van der Waals surface area contributed by atoms with Gasteiger partial charge in [-0.3, -0.25) is 4.79 Å². The molecule has 0 unspecified atom stereocenters. The van der Waals surface area contributed by atoms with Gasteiger partial charge in [0.1, 0.15) is 17.1 Å². The fourth-order valence-corrected chi connectivity index (χ4v) is 4.59. The summed E-state index contributed by atoms with van der Waals surface area (Å²) >= 11 is 0. The molecule has 2 aromatic carbocycles. The molecule has 0 spiro atoms. The van der Waals surface area contributed by atoms with Crippen molar-refractivity contribution < 1.29 is 18.7 Å². The van der Waals surface area contributed by atoms with Crippen LogP contribution in [0.1, 0.15) is 57.9 Å². The summed E-state index contributed by atoms with van der Waals surface area (Å²) in [6.07, 6.45) is 10.5. The van der Waals surface area contributed by atoms with E-state index >= 15 is 0 Å². The van der Waals surface area contributed by atoms with Crippen LogP contribution in [0.2, 0.25) is 0 Å². The molecule has 5 heteroatoms. The van der Waals surface area contributed by atoms with Crippen molar-refractivity contribution in [2.75, 3.05) is 13.7 Å². The highest BCUT2D eigenvalue weighted by atomic mass is 16.5. The zero-order chi connectivity index (χ0) is 23.2. The lowest BCUT2D eigenvalue weighted by atomic mass is 9.99. The van der Waals surface area contributed by atoms with Crippen LogP contribution in [0.15, 0.2) is 53.2 Å². The van der Waals surface area contributed by atoms with Crippen molar-refractivity contribution in [2.24, 2.45) is 0 Å². The van der Waals surface area contributed by atoms with Crippen LogP contribution in [0.4, 0.5) is 0 Å². The van der Waals surface area contributed by atoms with Gasteiger partial charge in [-0.1, -0.05) is 37.8 Å². The molecule has 33 heavy (non-hydrogen) atoms. The third kappa shape index (κ3) is 5.41. The first-order chi connectivity index (χ1) is 16.1. The van der Waals surface area contributed by atoms with Gasteiger partial charge >= 0.3 is 0 Å². The van der Waals surface area contributed by atoms with Gasteiger partial charge in [0.2, 0.25) is 5.91 Å². The molecule has 0 saturated heterocycles. The summed E-state index contributed by atoms with van der Waals surface area (Å²) in [7, 11) is 1.66. The second-order valence-corrected chi connectivity index (χ2v) is 8.68. The van der Waals surface area contributed by atoms with Gasteiger partial charge in [-0.05, 0) is 56.0 Å². The van der Waals surface area contributed by atoms with E-state index in [4.69, 9.17) is 13.9 Å². The molecule has 0 bridgehead atoms. The number of nitrogens with one attached hydrogen (secondary N) is 1. The van der Waals surface area contributed by atoms with Gasteiger partial charge in [0.05, 0.1) is 20.0 Å². The molecule has 0 aliphatic heterocycles. The van der Waals surface area contributed by atoms with E-state index in [2.05, 4.69) is 11.4 Å². The molecule has 1 amide bonds. The van der Waals surface area contributed by atoms with Crippen molar-refractivity contribution >= 4 is 22.4 Å². The van der Waals surface area contributed by atoms with Gasteiger partial charge in [-0.2, -0.15) is 0 Å². The smallest absolute Gasteiger partial charge is 0.244 e. The Kier molecular flexibility index (Phi) is 7.38. The van der Waals surface area contributed by atoms with Crippen LogP contribution in [-0.4, -0.2) is 25.7 Å². The van der Waals surface area contributed by atoms with Gasteiger partial charge in [0, 0.05) is 34.7 Å². The lowest BCUT2D eigenvalue weighted by Crippen LogP contribution is -2.33. The number of carbonyl (C=O) groups excluding carboxylic acids is 1. The fourth-order valence-electron chi connectivity index (χ4n) is 4.59. The molecule has 1 heterocycles. The second-order valence-electron chi connectivity index (χ2n) is 8.68. The van der Waals surface area contributed by atoms with Crippen LogP contribution in [0.3, 0.4) is 0 Å². The molecule has 1 fully saturated rings. The maximum absolute atomic E-state index is 12.8.